The van der Waals surface area contributed by atoms with Crippen LogP contribution in [-0.2, 0) is 9.59 Å². The highest BCUT2D eigenvalue weighted by molar-refractivity contribution is 5.96. The maximum Gasteiger partial charge on any atom is 0.156 e. The number of rotatable bonds is 3. The van der Waals surface area contributed by atoms with E-state index >= 15 is 0 Å². The highest BCUT2D eigenvalue weighted by atomic mass is 16.1. The lowest BCUT2D eigenvalue weighted by atomic mass is 9.84. The first-order valence-electron chi connectivity index (χ1n) is 4.86. The molecular formula is C11H16O2. The van der Waals surface area contributed by atoms with Crippen LogP contribution < -0.4 is 0 Å². The first-order chi connectivity index (χ1) is 6.13. The van der Waals surface area contributed by atoms with Crippen molar-refractivity contribution in [3.63, 3.8) is 0 Å². The van der Waals surface area contributed by atoms with Crippen molar-refractivity contribution < 1.29 is 9.59 Å². The van der Waals surface area contributed by atoms with Gasteiger partial charge in [-0.25, -0.2) is 0 Å². The summed E-state index contributed by atoms with van der Waals surface area (Å²) in [5.74, 6) is 0.332. The number of carbonyl (C=O) groups is 2. The summed E-state index contributed by atoms with van der Waals surface area (Å²) < 4.78 is 0. The second kappa shape index (κ2) is 4.35. The first-order valence-corrected chi connectivity index (χ1v) is 4.86. The van der Waals surface area contributed by atoms with Gasteiger partial charge in [-0.3, -0.25) is 9.59 Å². The van der Waals surface area contributed by atoms with Crippen LogP contribution in [0.25, 0.3) is 0 Å². The van der Waals surface area contributed by atoms with Crippen molar-refractivity contribution in [1.82, 2.24) is 0 Å². The van der Waals surface area contributed by atoms with Crippen LogP contribution in [0.1, 0.15) is 39.5 Å². The predicted octanol–water partition coefficient (Wildman–Crippen LogP) is 2.28. The fraction of sp³-hybridized carbons (Fsp3) is 0.636. The van der Waals surface area contributed by atoms with Crippen molar-refractivity contribution in [2.75, 3.05) is 0 Å². The molecule has 2 heteroatoms. The minimum Gasteiger partial charge on any atom is -0.299 e. The van der Waals surface area contributed by atoms with E-state index in [2.05, 4.69) is 0 Å². The van der Waals surface area contributed by atoms with E-state index < -0.39 is 0 Å². The summed E-state index contributed by atoms with van der Waals surface area (Å²) in [4.78, 5) is 22.7. The fourth-order valence-electron chi connectivity index (χ4n) is 1.77. The van der Waals surface area contributed by atoms with E-state index in [1.165, 1.54) is 0 Å². The van der Waals surface area contributed by atoms with Gasteiger partial charge in [0.15, 0.2) is 5.78 Å². The molecule has 0 aromatic rings. The van der Waals surface area contributed by atoms with Gasteiger partial charge in [-0.05, 0) is 25.8 Å². The molecule has 0 bridgehead atoms. The molecule has 0 amide bonds. The number of carbonyl (C=O) groups excluding carboxylic acids is 2. The molecule has 0 aromatic carbocycles. The maximum atomic E-state index is 11.5. The van der Waals surface area contributed by atoms with Gasteiger partial charge in [0.05, 0.1) is 0 Å². The zero-order valence-corrected chi connectivity index (χ0v) is 8.30. The van der Waals surface area contributed by atoms with Gasteiger partial charge in [-0.15, -0.1) is 0 Å². The van der Waals surface area contributed by atoms with Gasteiger partial charge in [-0.2, -0.15) is 0 Å². The third-order valence-corrected chi connectivity index (χ3v) is 2.38. The molecule has 1 atom stereocenters. The molecule has 0 heterocycles. The summed E-state index contributed by atoms with van der Waals surface area (Å²) in [6.45, 7) is 3.91. The quantitative estimate of drug-likeness (QED) is 0.667. The summed E-state index contributed by atoms with van der Waals surface area (Å²) >= 11 is 0. The molecule has 72 valence electrons. The summed E-state index contributed by atoms with van der Waals surface area (Å²) in [7, 11) is 0. The largest absolute Gasteiger partial charge is 0.299 e. The second-order valence-corrected chi connectivity index (χ2v) is 3.78. The second-order valence-electron chi connectivity index (χ2n) is 3.78. The van der Waals surface area contributed by atoms with Crippen molar-refractivity contribution in [2.24, 2.45) is 5.92 Å². The smallest absolute Gasteiger partial charge is 0.156 e. The normalized spacial score (nSPS) is 22.8. The Morgan fingerprint density at radius 2 is 2.23 bits per heavy atom. The molecule has 1 unspecified atom stereocenters. The number of hydrogen-bond acceptors (Lipinski definition) is 2. The average molecular weight is 180 g/mol. The van der Waals surface area contributed by atoms with Crippen LogP contribution in [0.5, 0.6) is 0 Å². The van der Waals surface area contributed by atoms with Gasteiger partial charge < -0.3 is 0 Å². The van der Waals surface area contributed by atoms with Crippen LogP contribution in [0, 0.1) is 5.92 Å². The summed E-state index contributed by atoms with van der Waals surface area (Å²) in [6.07, 6.45) is 4.37. The highest BCUT2D eigenvalue weighted by Crippen LogP contribution is 2.23. The third kappa shape index (κ3) is 2.79. The maximum absolute atomic E-state index is 11.5. The molecule has 1 rings (SSSR count). The Balaban J connectivity index is 2.59. The average Bonchev–Trinajstić information content (AvgIpc) is 2.03. The Morgan fingerprint density at radius 3 is 2.77 bits per heavy atom. The molecule has 1 aliphatic carbocycles. The third-order valence-electron chi connectivity index (χ3n) is 2.38. The predicted molar refractivity (Wildman–Crippen MR) is 51.4 cm³/mol. The molecule has 0 saturated heterocycles. The van der Waals surface area contributed by atoms with Gasteiger partial charge in [-0.1, -0.05) is 12.5 Å². The minimum atomic E-state index is -0.0301. The standard InChI is InChI=1S/C11H16O2/c1-3-4-11(13)9-5-8(2)6-10(12)7-9/h6,9H,3-5,7H2,1-2H3. The lowest BCUT2D eigenvalue weighted by molar-refractivity contribution is -0.127. The Morgan fingerprint density at radius 1 is 1.54 bits per heavy atom. The van der Waals surface area contributed by atoms with Crippen LogP contribution in [0.2, 0.25) is 0 Å². The van der Waals surface area contributed by atoms with Gasteiger partial charge in [0.25, 0.3) is 0 Å². The topological polar surface area (TPSA) is 34.1 Å². The Hall–Kier alpha value is -0.920. The zero-order valence-electron chi connectivity index (χ0n) is 8.30. The van der Waals surface area contributed by atoms with Crippen LogP contribution in [0.4, 0.5) is 0 Å². The molecule has 0 radical (unpaired) electrons. The van der Waals surface area contributed by atoms with E-state index in [-0.39, 0.29) is 17.5 Å². The van der Waals surface area contributed by atoms with E-state index in [0.717, 1.165) is 18.4 Å². The number of Topliss-reactive ketones (excluding diaryl/α,β-unsaturated/α-hetero) is 1. The van der Waals surface area contributed by atoms with Crippen LogP contribution in [0.15, 0.2) is 11.6 Å². The summed E-state index contributed by atoms with van der Waals surface area (Å²) in [5.41, 5.74) is 1.05. The van der Waals surface area contributed by atoms with E-state index in [9.17, 15) is 9.59 Å². The lowest BCUT2D eigenvalue weighted by Crippen LogP contribution is -2.21. The zero-order chi connectivity index (χ0) is 9.84. The van der Waals surface area contributed by atoms with Gasteiger partial charge in [0.2, 0.25) is 0 Å². The highest BCUT2D eigenvalue weighted by Gasteiger charge is 2.23. The molecule has 0 N–H and O–H groups in total. The molecule has 0 spiro atoms. The van der Waals surface area contributed by atoms with Crippen LogP contribution in [0.3, 0.4) is 0 Å². The van der Waals surface area contributed by atoms with Gasteiger partial charge in [0, 0.05) is 18.8 Å². The first kappa shape index (κ1) is 10.2. The summed E-state index contributed by atoms with van der Waals surface area (Å²) in [5, 5.41) is 0. The van der Waals surface area contributed by atoms with E-state index in [1.54, 1.807) is 6.08 Å². The molecule has 2 nitrogen and oxygen atoms in total. The van der Waals surface area contributed by atoms with Crippen LogP contribution >= 0.6 is 0 Å². The van der Waals surface area contributed by atoms with Crippen molar-refractivity contribution >= 4 is 11.6 Å². The molecule has 0 aromatic heterocycles. The van der Waals surface area contributed by atoms with Gasteiger partial charge >= 0.3 is 0 Å². The monoisotopic (exact) mass is 180 g/mol. The molecule has 0 saturated carbocycles. The van der Waals surface area contributed by atoms with Crippen molar-refractivity contribution in [3.05, 3.63) is 11.6 Å². The number of hydrogen-bond donors (Lipinski definition) is 0. The Labute approximate surface area is 79.0 Å². The minimum absolute atomic E-state index is 0.0301. The van der Waals surface area contributed by atoms with E-state index in [4.69, 9.17) is 0 Å². The SMILES string of the molecule is CCCC(=O)C1CC(=O)C=C(C)C1. The molecular weight excluding hydrogens is 164 g/mol. The Kier molecular flexibility index (Phi) is 3.40. The van der Waals surface area contributed by atoms with E-state index in [0.29, 0.717) is 12.8 Å². The van der Waals surface area contributed by atoms with Crippen LogP contribution in [-0.4, -0.2) is 11.6 Å². The van der Waals surface area contributed by atoms with Gasteiger partial charge in [0.1, 0.15) is 5.78 Å². The van der Waals surface area contributed by atoms with E-state index in [1.807, 2.05) is 13.8 Å². The number of ketones is 2. The van der Waals surface area contributed by atoms with Crippen molar-refractivity contribution in [2.45, 2.75) is 39.5 Å². The van der Waals surface area contributed by atoms with Crippen molar-refractivity contribution in [3.8, 4) is 0 Å². The number of allylic oxidation sites excluding steroid dienone is 2. The molecule has 1 aliphatic rings. The molecule has 13 heavy (non-hydrogen) atoms. The molecule has 0 aliphatic heterocycles. The summed E-state index contributed by atoms with van der Waals surface area (Å²) in [6, 6.07) is 0. The lowest BCUT2D eigenvalue weighted by Gasteiger charge is -2.18. The Bertz CT molecular complexity index is 251. The fourth-order valence-corrected chi connectivity index (χ4v) is 1.77. The van der Waals surface area contributed by atoms with Crippen molar-refractivity contribution in [1.29, 1.82) is 0 Å². The molecule has 0 fully saturated rings.